The Hall–Kier alpha value is -0.870. The fourth-order valence-corrected chi connectivity index (χ4v) is 2.42. The highest BCUT2D eigenvalue weighted by atomic mass is 79.9. The molecule has 1 aromatic rings. The Morgan fingerprint density at radius 3 is 3.00 bits per heavy atom. The second kappa shape index (κ2) is 4.33. The quantitative estimate of drug-likeness (QED) is 0.879. The molecule has 0 unspecified atom stereocenters. The zero-order valence-corrected chi connectivity index (χ0v) is 9.93. The van der Waals surface area contributed by atoms with E-state index in [1.165, 1.54) is 5.56 Å². The van der Waals surface area contributed by atoms with Gasteiger partial charge in [0.1, 0.15) is 0 Å². The molecule has 15 heavy (non-hydrogen) atoms. The van der Waals surface area contributed by atoms with Gasteiger partial charge in [-0.1, -0.05) is 15.9 Å². The third kappa shape index (κ3) is 2.21. The van der Waals surface area contributed by atoms with E-state index in [0.717, 1.165) is 28.6 Å². The van der Waals surface area contributed by atoms with Gasteiger partial charge in [0.2, 0.25) is 5.91 Å². The van der Waals surface area contributed by atoms with Crippen molar-refractivity contribution in [3.8, 4) is 0 Å². The molecule has 0 spiro atoms. The molecule has 2 rings (SSSR count). The number of nitrogens with two attached hydrogens (primary N) is 1. The molecule has 0 radical (unpaired) electrons. The number of hydrogen-bond acceptors (Lipinski definition) is 2. The van der Waals surface area contributed by atoms with Crippen LogP contribution in [0.2, 0.25) is 0 Å². The number of halogens is 1. The van der Waals surface area contributed by atoms with E-state index >= 15 is 0 Å². The molecule has 0 aliphatic carbocycles. The first-order valence-corrected chi connectivity index (χ1v) is 5.81. The minimum Gasteiger partial charge on any atom is -0.330 e. The molecule has 1 aliphatic heterocycles. The van der Waals surface area contributed by atoms with Crippen LogP contribution in [0.5, 0.6) is 0 Å². The molecule has 3 N–H and O–H groups in total. The maximum Gasteiger partial charge on any atom is 0.228 e. The van der Waals surface area contributed by atoms with Crippen molar-refractivity contribution < 1.29 is 4.79 Å². The molecular weight excluding hydrogens is 256 g/mol. The average molecular weight is 269 g/mol. The molecule has 0 saturated carbocycles. The predicted molar refractivity (Wildman–Crippen MR) is 63.9 cm³/mol. The van der Waals surface area contributed by atoms with Gasteiger partial charge < -0.3 is 11.1 Å². The molecule has 3 nitrogen and oxygen atoms in total. The number of carbonyl (C=O) groups is 1. The van der Waals surface area contributed by atoms with Crippen LogP contribution in [-0.2, 0) is 17.6 Å². The van der Waals surface area contributed by atoms with Crippen LogP contribution in [0.3, 0.4) is 0 Å². The van der Waals surface area contributed by atoms with Gasteiger partial charge in [0.05, 0.1) is 6.42 Å². The van der Waals surface area contributed by atoms with E-state index in [4.69, 9.17) is 5.73 Å². The van der Waals surface area contributed by atoms with Gasteiger partial charge in [-0.25, -0.2) is 0 Å². The Labute approximate surface area is 97.2 Å². The lowest BCUT2D eigenvalue weighted by atomic mass is 10.0. The van der Waals surface area contributed by atoms with Crippen LogP contribution in [0.1, 0.15) is 17.5 Å². The smallest absolute Gasteiger partial charge is 0.228 e. The molecule has 1 heterocycles. The molecule has 80 valence electrons. The van der Waals surface area contributed by atoms with Crippen molar-refractivity contribution in [3.63, 3.8) is 0 Å². The summed E-state index contributed by atoms with van der Waals surface area (Å²) in [6, 6.07) is 4.05. The Kier molecular flexibility index (Phi) is 3.07. The fraction of sp³-hybridized carbons (Fsp3) is 0.364. The van der Waals surface area contributed by atoms with Gasteiger partial charge >= 0.3 is 0 Å². The van der Waals surface area contributed by atoms with E-state index in [2.05, 4.69) is 27.3 Å². The van der Waals surface area contributed by atoms with E-state index in [-0.39, 0.29) is 5.91 Å². The second-order valence-corrected chi connectivity index (χ2v) is 4.63. The van der Waals surface area contributed by atoms with Crippen molar-refractivity contribution in [1.82, 2.24) is 0 Å². The summed E-state index contributed by atoms with van der Waals surface area (Å²) < 4.78 is 1.03. The average Bonchev–Trinajstić information content (AvgIpc) is 2.54. The lowest BCUT2D eigenvalue weighted by Crippen LogP contribution is -2.06. The van der Waals surface area contributed by atoms with Crippen molar-refractivity contribution in [2.24, 2.45) is 5.73 Å². The summed E-state index contributed by atoms with van der Waals surface area (Å²) in [4.78, 5) is 11.3. The Balaban J connectivity index is 2.34. The van der Waals surface area contributed by atoms with E-state index in [9.17, 15) is 4.79 Å². The molecule has 1 aromatic carbocycles. The molecule has 0 saturated heterocycles. The van der Waals surface area contributed by atoms with Gasteiger partial charge in [-0.3, -0.25) is 4.79 Å². The first kappa shape index (κ1) is 10.6. The number of rotatable bonds is 3. The number of fused-ring (bicyclic) bond motifs is 1. The van der Waals surface area contributed by atoms with Crippen molar-refractivity contribution in [1.29, 1.82) is 0 Å². The number of nitrogens with one attached hydrogen (secondary N) is 1. The molecule has 0 aromatic heterocycles. The van der Waals surface area contributed by atoms with Gasteiger partial charge in [0.25, 0.3) is 0 Å². The van der Waals surface area contributed by atoms with E-state index in [1.54, 1.807) is 0 Å². The number of hydrogen-bond donors (Lipinski definition) is 2. The van der Waals surface area contributed by atoms with Crippen LogP contribution in [0.25, 0.3) is 0 Å². The summed E-state index contributed by atoms with van der Waals surface area (Å²) in [7, 11) is 0. The molecule has 1 amide bonds. The predicted octanol–water partition coefficient (Wildman–Crippen LogP) is 1.83. The third-order valence-electron chi connectivity index (χ3n) is 2.53. The van der Waals surface area contributed by atoms with Gasteiger partial charge in [0, 0.05) is 10.2 Å². The Bertz CT molecular complexity index is 404. The Morgan fingerprint density at radius 2 is 2.27 bits per heavy atom. The summed E-state index contributed by atoms with van der Waals surface area (Å²) in [6.07, 6.45) is 2.35. The van der Waals surface area contributed by atoms with Crippen LogP contribution in [0.15, 0.2) is 16.6 Å². The largest absolute Gasteiger partial charge is 0.330 e. The standard InChI is InChI=1S/C11H13BrN2O/c12-9-4-7(2-1-3-13)11-8(5-9)6-10(15)14-11/h4-5H,1-3,6,13H2,(H,14,15). The van der Waals surface area contributed by atoms with Crippen LogP contribution < -0.4 is 11.1 Å². The van der Waals surface area contributed by atoms with Gasteiger partial charge in [-0.2, -0.15) is 0 Å². The first-order chi connectivity index (χ1) is 7.20. The lowest BCUT2D eigenvalue weighted by Gasteiger charge is -2.08. The number of amides is 1. The van der Waals surface area contributed by atoms with Gasteiger partial charge in [-0.05, 0) is 42.6 Å². The minimum absolute atomic E-state index is 0.0806. The molecular formula is C11H13BrN2O. The van der Waals surface area contributed by atoms with Crippen LogP contribution in [0, 0.1) is 0 Å². The second-order valence-electron chi connectivity index (χ2n) is 3.72. The summed E-state index contributed by atoms with van der Waals surface area (Å²) in [5.74, 6) is 0.0806. The number of benzene rings is 1. The monoisotopic (exact) mass is 268 g/mol. The topological polar surface area (TPSA) is 55.1 Å². The molecule has 4 heteroatoms. The van der Waals surface area contributed by atoms with E-state index in [0.29, 0.717) is 13.0 Å². The van der Waals surface area contributed by atoms with Crippen LogP contribution in [0.4, 0.5) is 5.69 Å². The number of carbonyl (C=O) groups excluding carboxylic acids is 1. The third-order valence-corrected chi connectivity index (χ3v) is 2.99. The maximum atomic E-state index is 11.3. The number of aryl methyl sites for hydroxylation is 1. The van der Waals surface area contributed by atoms with Crippen molar-refractivity contribution in [2.75, 3.05) is 11.9 Å². The van der Waals surface area contributed by atoms with Crippen molar-refractivity contribution >= 4 is 27.5 Å². The zero-order chi connectivity index (χ0) is 10.8. The number of anilines is 1. The van der Waals surface area contributed by atoms with Crippen LogP contribution >= 0.6 is 15.9 Å². The molecule has 1 aliphatic rings. The van der Waals surface area contributed by atoms with Crippen molar-refractivity contribution in [2.45, 2.75) is 19.3 Å². The normalized spacial score (nSPS) is 13.9. The summed E-state index contributed by atoms with van der Waals surface area (Å²) in [5.41, 5.74) is 8.75. The highest BCUT2D eigenvalue weighted by Gasteiger charge is 2.20. The maximum absolute atomic E-state index is 11.3. The van der Waals surface area contributed by atoms with Crippen molar-refractivity contribution in [3.05, 3.63) is 27.7 Å². The lowest BCUT2D eigenvalue weighted by molar-refractivity contribution is -0.115. The zero-order valence-electron chi connectivity index (χ0n) is 8.35. The summed E-state index contributed by atoms with van der Waals surface area (Å²) in [6.45, 7) is 0.676. The molecule has 0 bridgehead atoms. The van der Waals surface area contributed by atoms with Crippen LogP contribution in [-0.4, -0.2) is 12.5 Å². The minimum atomic E-state index is 0.0806. The summed E-state index contributed by atoms with van der Waals surface area (Å²) in [5, 5.41) is 2.90. The van der Waals surface area contributed by atoms with Gasteiger partial charge in [0.15, 0.2) is 0 Å². The van der Waals surface area contributed by atoms with E-state index in [1.807, 2.05) is 6.07 Å². The van der Waals surface area contributed by atoms with Gasteiger partial charge in [-0.15, -0.1) is 0 Å². The fourth-order valence-electron chi connectivity index (χ4n) is 1.87. The first-order valence-electron chi connectivity index (χ1n) is 5.02. The molecule has 0 fully saturated rings. The highest BCUT2D eigenvalue weighted by Crippen LogP contribution is 2.31. The summed E-state index contributed by atoms with van der Waals surface area (Å²) >= 11 is 3.46. The Morgan fingerprint density at radius 1 is 1.47 bits per heavy atom. The van der Waals surface area contributed by atoms with E-state index < -0.39 is 0 Å². The SMILES string of the molecule is NCCCc1cc(Br)cc2c1NC(=O)C2. The highest BCUT2D eigenvalue weighted by molar-refractivity contribution is 9.10. The molecule has 0 atom stereocenters.